The summed E-state index contributed by atoms with van der Waals surface area (Å²) in [7, 11) is 0. The van der Waals surface area contributed by atoms with E-state index in [4.69, 9.17) is 18.9 Å². The zero-order chi connectivity index (χ0) is 25.1. The lowest BCUT2D eigenvalue weighted by atomic mass is 9.98. The summed E-state index contributed by atoms with van der Waals surface area (Å²) in [6.45, 7) is 2.13. The van der Waals surface area contributed by atoms with Crippen LogP contribution in [-0.2, 0) is 45.3 Å². The molecular weight excluding hydrogens is 468 g/mol. The molecule has 8 nitrogen and oxygen atoms in total. The van der Waals surface area contributed by atoms with Gasteiger partial charge in [0.1, 0.15) is 24.6 Å². The van der Waals surface area contributed by atoms with Crippen molar-refractivity contribution < 1.29 is 18.9 Å². The van der Waals surface area contributed by atoms with E-state index in [-0.39, 0.29) is 12.2 Å². The summed E-state index contributed by atoms with van der Waals surface area (Å²) in [5.41, 5.74) is 4.15. The molecule has 37 heavy (non-hydrogen) atoms. The van der Waals surface area contributed by atoms with Gasteiger partial charge in [-0.15, -0.1) is 5.10 Å². The lowest BCUT2D eigenvalue weighted by molar-refractivity contribution is -0.153. The molecule has 190 valence electrons. The molecule has 0 N–H and O–H groups in total. The summed E-state index contributed by atoms with van der Waals surface area (Å²) in [6.07, 6.45) is 2.18. The number of hydrogen-bond acceptors (Lipinski definition) is 7. The normalized spacial score (nSPS) is 19.2. The van der Waals surface area contributed by atoms with Gasteiger partial charge in [-0.1, -0.05) is 91.0 Å². The first-order chi connectivity index (χ1) is 18.3. The number of ether oxygens (including phenoxy) is 4. The van der Waals surface area contributed by atoms with E-state index in [0.717, 1.165) is 22.3 Å². The number of aromatic nitrogens is 4. The Labute approximate surface area is 216 Å². The van der Waals surface area contributed by atoms with Gasteiger partial charge in [0.2, 0.25) is 0 Å². The van der Waals surface area contributed by atoms with Crippen LogP contribution in [0.5, 0.6) is 0 Å². The second-order valence-corrected chi connectivity index (χ2v) is 8.85. The van der Waals surface area contributed by atoms with Crippen molar-refractivity contribution in [3.05, 3.63) is 126 Å². The van der Waals surface area contributed by atoms with Gasteiger partial charge in [-0.3, -0.25) is 0 Å². The van der Waals surface area contributed by atoms with Gasteiger partial charge in [0.05, 0.1) is 39.2 Å². The van der Waals surface area contributed by atoms with Crippen LogP contribution in [0.2, 0.25) is 0 Å². The highest BCUT2D eigenvalue weighted by atomic mass is 16.6. The molecule has 1 aliphatic heterocycles. The van der Waals surface area contributed by atoms with Gasteiger partial charge in [0.25, 0.3) is 0 Å². The molecule has 0 bridgehead atoms. The molecule has 8 heteroatoms. The summed E-state index contributed by atoms with van der Waals surface area (Å²) in [4.78, 5) is 0. The van der Waals surface area contributed by atoms with E-state index in [0.29, 0.717) is 33.0 Å². The first kappa shape index (κ1) is 24.8. The van der Waals surface area contributed by atoms with Gasteiger partial charge in [0.15, 0.2) is 0 Å². The molecule has 3 atom stereocenters. The molecule has 0 saturated carbocycles. The van der Waals surface area contributed by atoms with Crippen LogP contribution in [-0.4, -0.2) is 45.1 Å². The first-order valence-electron chi connectivity index (χ1n) is 12.3. The molecule has 0 radical (unpaired) electrons. The quantitative estimate of drug-likeness (QED) is 0.287. The van der Waals surface area contributed by atoms with Crippen LogP contribution in [0.4, 0.5) is 0 Å². The van der Waals surface area contributed by atoms with Gasteiger partial charge in [-0.05, 0) is 27.1 Å². The SMILES string of the molecule is C1=C(Cn2cnnn2)[C@@H](OCc2ccccc2)[C@@H](OCc2ccccc2)[C@@H](COCc2ccccc2)O1. The van der Waals surface area contributed by atoms with E-state index in [1.165, 1.54) is 0 Å². The smallest absolute Gasteiger partial charge is 0.150 e. The van der Waals surface area contributed by atoms with Crippen molar-refractivity contribution in [3.8, 4) is 0 Å². The highest BCUT2D eigenvalue weighted by molar-refractivity contribution is 5.18. The van der Waals surface area contributed by atoms with Crippen LogP contribution >= 0.6 is 0 Å². The molecule has 0 amide bonds. The van der Waals surface area contributed by atoms with Crippen LogP contribution in [0.25, 0.3) is 0 Å². The van der Waals surface area contributed by atoms with E-state index in [9.17, 15) is 0 Å². The molecule has 4 aromatic rings. The van der Waals surface area contributed by atoms with Gasteiger partial charge >= 0.3 is 0 Å². The van der Waals surface area contributed by atoms with Crippen molar-refractivity contribution in [2.24, 2.45) is 0 Å². The van der Waals surface area contributed by atoms with Crippen molar-refractivity contribution in [3.63, 3.8) is 0 Å². The van der Waals surface area contributed by atoms with Crippen LogP contribution in [0.1, 0.15) is 16.7 Å². The largest absolute Gasteiger partial charge is 0.493 e. The average molecular weight is 499 g/mol. The first-order valence-corrected chi connectivity index (χ1v) is 12.3. The summed E-state index contributed by atoms with van der Waals surface area (Å²) in [5.74, 6) is 0. The molecule has 0 aliphatic carbocycles. The number of nitrogens with zero attached hydrogens (tertiary/aromatic N) is 4. The second kappa shape index (κ2) is 12.9. The number of tetrazole rings is 1. The van der Waals surface area contributed by atoms with Crippen molar-refractivity contribution in [1.82, 2.24) is 20.2 Å². The minimum Gasteiger partial charge on any atom is -0.493 e. The number of benzene rings is 3. The van der Waals surface area contributed by atoms with Crippen molar-refractivity contribution in [2.45, 2.75) is 44.7 Å². The Morgan fingerprint density at radius 2 is 1.32 bits per heavy atom. The van der Waals surface area contributed by atoms with Gasteiger partial charge < -0.3 is 18.9 Å². The van der Waals surface area contributed by atoms with E-state index >= 15 is 0 Å². The maximum absolute atomic E-state index is 6.52. The monoisotopic (exact) mass is 498 g/mol. The van der Waals surface area contributed by atoms with Crippen molar-refractivity contribution in [1.29, 1.82) is 0 Å². The van der Waals surface area contributed by atoms with E-state index in [1.54, 1.807) is 17.3 Å². The van der Waals surface area contributed by atoms with Gasteiger partial charge in [0, 0.05) is 5.57 Å². The third-order valence-electron chi connectivity index (χ3n) is 6.11. The zero-order valence-electron chi connectivity index (χ0n) is 20.5. The van der Waals surface area contributed by atoms with Gasteiger partial charge in [-0.2, -0.15) is 0 Å². The Balaban J connectivity index is 1.35. The number of hydrogen-bond donors (Lipinski definition) is 0. The summed E-state index contributed by atoms with van der Waals surface area (Å²) >= 11 is 0. The summed E-state index contributed by atoms with van der Waals surface area (Å²) < 4.78 is 26.9. The summed E-state index contributed by atoms with van der Waals surface area (Å²) in [6, 6.07) is 30.3. The predicted molar refractivity (Wildman–Crippen MR) is 137 cm³/mol. The Morgan fingerprint density at radius 1 is 0.730 bits per heavy atom. The van der Waals surface area contributed by atoms with Crippen LogP contribution in [0.15, 0.2) is 109 Å². The minimum absolute atomic E-state index is 0.355. The molecule has 0 unspecified atom stereocenters. The Kier molecular flexibility index (Phi) is 8.67. The van der Waals surface area contributed by atoms with Crippen LogP contribution in [0, 0.1) is 0 Å². The molecular formula is C29H30N4O4. The molecule has 5 rings (SSSR count). The average Bonchev–Trinajstić information content (AvgIpc) is 3.47. The fourth-order valence-electron chi connectivity index (χ4n) is 4.22. The maximum atomic E-state index is 6.52. The van der Waals surface area contributed by atoms with Gasteiger partial charge in [-0.25, -0.2) is 4.68 Å². The number of rotatable bonds is 12. The topological polar surface area (TPSA) is 80.5 Å². The lowest BCUT2D eigenvalue weighted by Gasteiger charge is -2.38. The predicted octanol–water partition coefficient (Wildman–Crippen LogP) is 4.34. The fourth-order valence-corrected chi connectivity index (χ4v) is 4.22. The molecule has 2 heterocycles. The standard InChI is InChI=1S/C29H30N4O4/c1-4-10-23(11-5-1)17-34-21-27-29(37-19-25-14-8-3-9-15-25)28(36-18-24-12-6-2-7-13-24)26(20-35-27)16-33-22-30-31-32-33/h1-15,20,22,27-29H,16-19,21H2/t27-,28-,29+/m1/s1. The molecule has 0 spiro atoms. The molecule has 1 aromatic heterocycles. The molecule has 0 fully saturated rings. The Morgan fingerprint density at radius 3 is 1.92 bits per heavy atom. The zero-order valence-corrected chi connectivity index (χ0v) is 20.5. The van der Waals surface area contributed by atoms with Crippen LogP contribution in [0.3, 0.4) is 0 Å². The highest BCUT2D eigenvalue weighted by Gasteiger charge is 2.39. The highest BCUT2D eigenvalue weighted by Crippen LogP contribution is 2.28. The molecule has 3 aromatic carbocycles. The third-order valence-corrected chi connectivity index (χ3v) is 6.11. The Hall–Kier alpha value is -3.85. The fraction of sp³-hybridized carbons (Fsp3) is 0.276. The second-order valence-electron chi connectivity index (χ2n) is 8.85. The molecule has 0 saturated heterocycles. The Bertz CT molecular complexity index is 1220. The van der Waals surface area contributed by atoms with Crippen molar-refractivity contribution >= 4 is 0 Å². The maximum Gasteiger partial charge on any atom is 0.150 e. The minimum atomic E-state index is -0.406. The van der Waals surface area contributed by atoms with Crippen LogP contribution < -0.4 is 0 Å². The van der Waals surface area contributed by atoms with Crippen molar-refractivity contribution in [2.75, 3.05) is 6.61 Å². The molecule has 1 aliphatic rings. The lowest BCUT2D eigenvalue weighted by Crippen LogP contribution is -2.48. The van der Waals surface area contributed by atoms with E-state index in [1.807, 2.05) is 91.0 Å². The third kappa shape index (κ3) is 7.10. The summed E-state index contributed by atoms with van der Waals surface area (Å²) in [5, 5.41) is 11.5. The van der Waals surface area contributed by atoms with E-state index in [2.05, 4.69) is 15.5 Å². The van der Waals surface area contributed by atoms with E-state index < -0.39 is 6.10 Å².